The van der Waals surface area contributed by atoms with Gasteiger partial charge in [-0.25, -0.2) is 4.98 Å². The molecule has 0 aliphatic heterocycles. The van der Waals surface area contributed by atoms with E-state index in [9.17, 15) is 9.90 Å². The first-order valence-corrected chi connectivity index (χ1v) is 8.51. The van der Waals surface area contributed by atoms with E-state index >= 15 is 0 Å². The van der Waals surface area contributed by atoms with Crippen LogP contribution in [0.2, 0.25) is 0 Å². The molecule has 1 aromatic rings. The third kappa shape index (κ3) is 2.78. The number of halogens is 1. The van der Waals surface area contributed by atoms with E-state index in [1.807, 2.05) is 20.8 Å². The zero-order valence-electron chi connectivity index (χ0n) is 11.9. The molecule has 0 saturated heterocycles. The maximum Gasteiger partial charge on any atom is 0.308 e. The molecule has 2 unspecified atom stereocenters. The fourth-order valence-electron chi connectivity index (χ4n) is 3.11. The maximum absolute atomic E-state index is 11.9. The summed E-state index contributed by atoms with van der Waals surface area (Å²) in [6, 6.07) is 0. The molecule has 2 rings (SSSR count). The minimum absolute atomic E-state index is 0.0290. The molecule has 1 aromatic heterocycles. The highest BCUT2D eigenvalue weighted by Crippen LogP contribution is 2.49. The summed E-state index contributed by atoms with van der Waals surface area (Å²) >= 11 is 4.85. The quantitative estimate of drug-likeness (QED) is 0.838. The Morgan fingerprint density at radius 2 is 2.15 bits per heavy atom. The summed E-state index contributed by atoms with van der Waals surface area (Å²) < 4.78 is 6.02. The molecular formula is C14H20BrNO3S. The highest BCUT2D eigenvalue weighted by molar-refractivity contribution is 9.11. The van der Waals surface area contributed by atoms with Gasteiger partial charge in [-0.1, -0.05) is 13.8 Å². The number of esters is 1. The van der Waals surface area contributed by atoms with Crippen LogP contribution < -0.4 is 0 Å². The zero-order chi connectivity index (χ0) is 14.9. The SMILES string of the molecule is CCOC(=O)C1CC(C)C(O)(c2ncc(Br)s2)C(C)C1. The minimum atomic E-state index is -0.959. The summed E-state index contributed by atoms with van der Waals surface area (Å²) in [5.41, 5.74) is -0.959. The highest BCUT2D eigenvalue weighted by atomic mass is 79.9. The van der Waals surface area contributed by atoms with Gasteiger partial charge in [0, 0.05) is 0 Å². The second-order valence-corrected chi connectivity index (χ2v) is 7.93. The molecule has 0 bridgehead atoms. The molecule has 0 spiro atoms. The molecule has 1 heterocycles. The fourth-order valence-corrected chi connectivity index (χ4v) is 4.63. The summed E-state index contributed by atoms with van der Waals surface area (Å²) in [6.07, 6.45) is 2.99. The molecule has 20 heavy (non-hydrogen) atoms. The lowest BCUT2D eigenvalue weighted by molar-refractivity contribution is -0.158. The summed E-state index contributed by atoms with van der Waals surface area (Å²) in [6.45, 7) is 6.19. The third-order valence-electron chi connectivity index (χ3n) is 4.22. The third-order valence-corrected chi connectivity index (χ3v) is 5.84. The monoisotopic (exact) mass is 361 g/mol. The van der Waals surface area contributed by atoms with E-state index < -0.39 is 5.60 Å². The van der Waals surface area contributed by atoms with Crippen LogP contribution in [0.15, 0.2) is 9.98 Å². The lowest BCUT2D eigenvalue weighted by Gasteiger charge is -2.44. The molecule has 1 fully saturated rings. The molecule has 1 aliphatic carbocycles. The molecule has 1 N–H and O–H groups in total. The number of hydrogen-bond acceptors (Lipinski definition) is 5. The van der Waals surface area contributed by atoms with Crippen molar-refractivity contribution in [1.29, 1.82) is 0 Å². The van der Waals surface area contributed by atoms with E-state index in [4.69, 9.17) is 4.74 Å². The summed E-state index contributed by atoms with van der Waals surface area (Å²) in [7, 11) is 0. The molecule has 2 atom stereocenters. The van der Waals surface area contributed by atoms with Crippen molar-refractivity contribution < 1.29 is 14.6 Å². The van der Waals surface area contributed by atoms with E-state index in [1.54, 1.807) is 6.20 Å². The lowest BCUT2D eigenvalue weighted by atomic mass is 9.66. The Bertz CT molecular complexity index is 479. The van der Waals surface area contributed by atoms with Gasteiger partial charge in [-0.2, -0.15) is 0 Å². The second kappa shape index (κ2) is 6.12. The van der Waals surface area contributed by atoms with Gasteiger partial charge in [-0.05, 0) is 47.5 Å². The normalized spacial score (nSPS) is 34.0. The van der Waals surface area contributed by atoms with Crippen LogP contribution in [0.1, 0.15) is 38.6 Å². The van der Waals surface area contributed by atoms with E-state index in [2.05, 4.69) is 20.9 Å². The number of carbonyl (C=O) groups excluding carboxylic acids is 1. The Kier molecular flexibility index (Phi) is 4.87. The average Bonchev–Trinajstić information content (AvgIpc) is 2.82. The van der Waals surface area contributed by atoms with Gasteiger partial charge in [0.1, 0.15) is 10.6 Å². The number of nitrogens with zero attached hydrogens (tertiary/aromatic N) is 1. The second-order valence-electron chi connectivity index (χ2n) is 5.52. The van der Waals surface area contributed by atoms with E-state index in [-0.39, 0.29) is 23.7 Å². The van der Waals surface area contributed by atoms with Crippen LogP contribution in [-0.2, 0) is 15.1 Å². The van der Waals surface area contributed by atoms with Crippen LogP contribution in [0.25, 0.3) is 0 Å². The van der Waals surface area contributed by atoms with Crippen LogP contribution >= 0.6 is 27.3 Å². The predicted molar refractivity (Wildman–Crippen MR) is 81.4 cm³/mol. The van der Waals surface area contributed by atoms with Crippen LogP contribution in [0.4, 0.5) is 0 Å². The topological polar surface area (TPSA) is 59.4 Å². The Balaban J connectivity index is 2.20. The molecule has 0 amide bonds. The Hall–Kier alpha value is -0.460. The van der Waals surface area contributed by atoms with Crippen molar-refractivity contribution in [2.24, 2.45) is 17.8 Å². The summed E-state index contributed by atoms with van der Waals surface area (Å²) in [5.74, 6) is -0.324. The fraction of sp³-hybridized carbons (Fsp3) is 0.714. The number of aromatic nitrogens is 1. The molecule has 112 valence electrons. The first-order valence-electron chi connectivity index (χ1n) is 6.90. The van der Waals surface area contributed by atoms with Crippen LogP contribution in [0.5, 0.6) is 0 Å². The van der Waals surface area contributed by atoms with Crippen molar-refractivity contribution in [2.75, 3.05) is 6.61 Å². The molecule has 4 nitrogen and oxygen atoms in total. The van der Waals surface area contributed by atoms with Crippen LogP contribution in [0.3, 0.4) is 0 Å². The molecule has 1 aliphatic rings. The van der Waals surface area contributed by atoms with Gasteiger partial charge in [-0.15, -0.1) is 11.3 Å². The largest absolute Gasteiger partial charge is 0.466 e. The van der Waals surface area contributed by atoms with Gasteiger partial charge in [0.15, 0.2) is 0 Å². The Morgan fingerprint density at radius 3 is 2.60 bits per heavy atom. The number of ether oxygens (including phenoxy) is 1. The van der Waals surface area contributed by atoms with E-state index in [0.29, 0.717) is 19.4 Å². The summed E-state index contributed by atoms with van der Waals surface area (Å²) in [5, 5.41) is 11.8. The number of hydrogen-bond donors (Lipinski definition) is 1. The molecular weight excluding hydrogens is 342 g/mol. The van der Waals surface area contributed by atoms with Crippen molar-refractivity contribution >= 4 is 33.2 Å². The van der Waals surface area contributed by atoms with Crippen molar-refractivity contribution in [3.05, 3.63) is 15.0 Å². The maximum atomic E-state index is 11.9. The van der Waals surface area contributed by atoms with Gasteiger partial charge in [-0.3, -0.25) is 4.79 Å². The predicted octanol–water partition coefficient (Wildman–Crippen LogP) is 3.34. The number of carbonyl (C=O) groups is 1. The zero-order valence-corrected chi connectivity index (χ0v) is 14.3. The Morgan fingerprint density at radius 1 is 1.55 bits per heavy atom. The molecule has 0 radical (unpaired) electrons. The minimum Gasteiger partial charge on any atom is -0.466 e. The van der Waals surface area contributed by atoms with Crippen LogP contribution in [-0.4, -0.2) is 22.7 Å². The van der Waals surface area contributed by atoms with Crippen LogP contribution in [0, 0.1) is 17.8 Å². The first kappa shape index (κ1) is 15.9. The van der Waals surface area contributed by atoms with E-state index in [1.165, 1.54) is 11.3 Å². The summed E-state index contributed by atoms with van der Waals surface area (Å²) in [4.78, 5) is 16.2. The standard InChI is InChI=1S/C14H20BrNO3S/c1-4-19-12(17)10-5-8(2)14(18,9(3)6-10)13-16-7-11(15)20-13/h7-10,18H,4-6H2,1-3H3. The van der Waals surface area contributed by atoms with Crippen molar-refractivity contribution in [1.82, 2.24) is 4.98 Å². The molecule has 0 aromatic carbocycles. The van der Waals surface area contributed by atoms with Gasteiger partial charge < -0.3 is 9.84 Å². The molecule has 6 heteroatoms. The van der Waals surface area contributed by atoms with Gasteiger partial charge in [0.2, 0.25) is 0 Å². The first-order chi connectivity index (χ1) is 9.39. The van der Waals surface area contributed by atoms with Crippen molar-refractivity contribution in [3.63, 3.8) is 0 Å². The van der Waals surface area contributed by atoms with E-state index in [0.717, 1.165) is 8.79 Å². The number of rotatable bonds is 3. The van der Waals surface area contributed by atoms with Gasteiger partial charge >= 0.3 is 5.97 Å². The van der Waals surface area contributed by atoms with Gasteiger partial charge in [0.25, 0.3) is 0 Å². The average molecular weight is 362 g/mol. The number of thiazole rings is 1. The number of aliphatic hydroxyl groups is 1. The van der Waals surface area contributed by atoms with Gasteiger partial charge in [0.05, 0.1) is 22.5 Å². The smallest absolute Gasteiger partial charge is 0.308 e. The highest BCUT2D eigenvalue weighted by Gasteiger charge is 2.49. The Labute approximate surface area is 131 Å². The lowest BCUT2D eigenvalue weighted by Crippen LogP contribution is -2.47. The van der Waals surface area contributed by atoms with Crippen molar-refractivity contribution in [2.45, 2.75) is 39.2 Å². The molecule has 1 saturated carbocycles. The van der Waals surface area contributed by atoms with Crippen molar-refractivity contribution in [3.8, 4) is 0 Å².